The molecule has 2 aromatic rings. The van der Waals surface area contributed by atoms with Crippen LogP contribution in [0, 0.1) is 0 Å². The van der Waals surface area contributed by atoms with Gasteiger partial charge in [0.05, 0.1) is 19.8 Å². The fourth-order valence-electron chi connectivity index (χ4n) is 1.94. The van der Waals surface area contributed by atoms with Crippen LogP contribution in [0.4, 0.5) is 5.69 Å². The highest BCUT2D eigenvalue weighted by atomic mass is 79.9. The van der Waals surface area contributed by atoms with Crippen molar-refractivity contribution < 1.29 is 23.8 Å². The molecule has 24 heavy (non-hydrogen) atoms. The Kier molecular flexibility index (Phi) is 6.20. The number of hydrogen-bond donors (Lipinski definition) is 1. The first-order valence-corrected chi connectivity index (χ1v) is 7.77. The number of rotatable bonds is 6. The molecule has 0 radical (unpaired) electrons. The van der Waals surface area contributed by atoms with Crippen LogP contribution >= 0.6 is 15.9 Å². The first-order chi connectivity index (χ1) is 11.5. The number of methoxy groups -OCH3 is 2. The molecule has 0 spiro atoms. The van der Waals surface area contributed by atoms with Crippen molar-refractivity contribution in [1.29, 1.82) is 0 Å². The van der Waals surface area contributed by atoms with Crippen molar-refractivity contribution >= 4 is 33.5 Å². The fourth-order valence-corrected chi connectivity index (χ4v) is 2.34. The maximum Gasteiger partial charge on any atom is 0.337 e. The molecular formula is C17H16BrNO5. The zero-order chi connectivity index (χ0) is 17.5. The molecule has 0 fully saturated rings. The molecule has 0 aliphatic rings. The van der Waals surface area contributed by atoms with Crippen LogP contribution in [-0.2, 0) is 9.53 Å². The van der Waals surface area contributed by atoms with Gasteiger partial charge in [-0.15, -0.1) is 0 Å². The van der Waals surface area contributed by atoms with E-state index in [1.54, 1.807) is 18.2 Å². The highest BCUT2D eigenvalue weighted by molar-refractivity contribution is 9.10. The number of nitrogens with one attached hydrogen (secondary N) is 1. The molecule has 6 nitrogen and oxygen atoms in total. The molecule has 0 aliphatic carbocycles. The van der Waals surface area contributed by atoms with E-state index in [4.69, 9.17) is 9.47 Å². The highest BCUT2D eigenvalue weighted by Crippen LogP contribution is 2.28. The molecule has 1 amide bonds. The highest BCUT2D eigenvalue weighted by Gasteiger charge is 2.12. The number of amides is 1. The molecule has 1 N–H and O–H groups in total. The van der Waals surface area contributed by atoms with Crippen LogP contribution in [0.5, 0.6) is 11.5 Å². The third-order valence-corrected chi connectivity index (χ3v) is 3.55. The summed E-state index contributed by atoms with van der Waals surface area (Å²) in [6.07, 6.45) is 0. The van der Waals surface area contributed by atoms with E-state index in [1.807, 2.05) is 12.1 Å². The van der Waals surface area contributed by atoms with E-state index >= 15 is 0 Å². The molecule has 0 unspecified atom stereocenters. The van der Waals surface area contributed by atoms with Crippen LogP contribution in [0.15, 0.2) is 46.9 Å². The Morgan fingerprint density at radius 2 is 1.88 bits per heavy atom. The van der Waals surface area contributed by atoms with E-state index in [1.165, 1.54) is 26.4 Å². The van der Waals surface area contributed by atoms with Crippen molar-refractivity contribution in [3.8, 4) is 11.5 Å². The Balaban J connectivity index is 2.00. The monoisotopic (exact) mass is 393 g/mol. The van der Waals surface area contributed by atoms with Crippen LogP contribution < -0.4 is 14.8 Å². The summed E-state index contributed by atoms with van der Waals surface area (Å²) < 4.78 is 16.1. The van der Waals surface area contributed by atoms with Gasteiger partial charge in [0.15, 0.2) is 18.1 Å². The van der Waals surface area contributed by atoms with Gasteiger partial charge in [0, 0.05) is 10.2 Å². The number of hydrogen-bond acceptors (Lipinski definition) is 5. The average Bonchev–Trinajstić information content (AvgIpc) is 2.59. The van der Waals surface area contributed by atoms with Gasteiger partial charge in [-0.05, 0) is 36.4 Å². The Morgan fingerprint density at radius 3 is 2.54 bits per heavy atom. The predicted molar refractivity (Wildman–Crippen MR) is 92.6 cm³/mol. The molecule has 2 rings (SSSR count). The van der Waals surface area contributed by atoms with E-state index in [0.29, 0.717) is 22.7 Å². The average molecular weight is 394 g/mol. The number of halogens is 1. The topological polar surface area (TPSA) is 73.9 Å². The lowest BCUT2D eigenvalue weighted by molar-refractivity contribution is -0.118. The van der Waals surface area contributed by atoms with E-state index in [-0.39, 0.29) is 12.5 Å². The Labute approximate surface area is 147 Å². The second-order valence-corrected chi connectivity index (χ2v) is 5.62. The smallest absolute Gasteiger partial charge is 0.337 e. The van der Waals surface area contributed by atoms with Crippen LogP contribution in [0.2, 0.25) is 0 Å². The summed E-state index contributed by atoms with van der Waals surface area (Å²) >= 11 is 3.33. The van der Waals surface area contributed by atoms with E-state index in [0.717, 1.165) is 4.47 Å². The van der Waals surface area contributed by atoms with Crippen molar-refractivity contribution in [3.05, 3.63) is 52.5 Å². The number of carbonyl (C=O) groups excluding carboxylic acids is 2. The molecule has 0 saturated heterocycles. The van der Waals surface area contributed by atoms with Crippen LogP contribution in [0.25, 0.3) is 0 Å². The molecule has 126 valence electrons. The third-order valence-electron chi connectivity index (χ3n) is 3.05. The predicted octanol–water partition coefficient (Wildman–Crippen LogP) is 3.26. The Bertz CT molecular complexity index is 748. The van der Waals surface area contributed by atoms with Crippen molar-refractivity contribution in [1.82, 2.24) is 0 Å². The first-order valence-electron chi connectivity index (χ1n) is 6.98. The third kappa shape index (κ3) is 4.73. The molecule has 0 aromatic heterocycles. The normalized spacial score (nSPS) is 9.96. The maximum absolute atomic E-state index is 12.0. The second kappa shape index (κ2) is 8.35. The van der Waals surface area contributed by atoms with Gasteiger partial charge >= 0.3 is 5.97 Å². The van der Waals surface area contributed by atoms with Gasteiger partial charge in [0.2, 0.25) is 0 Å². The molecule has 0 atom stereocenters. The summed E-state index contributed by atoms with van der Waals surface area (Å²) in [5.41, 5.74) is 0.992. The van der Waals surface area contributed by atoms with Crippen LogP contribution in [0.1, 0.15) is 10.4 Å². The van der Waals surface area contributed by atoms with Crippen molar-refractivity contribution in [3.63, 3.8) is 0 Å². The summed E-state index contributed by atoms with van der Waals surface area (Å²) in [7, 11) is 2.75. The number of benzene rings is 2. The zero-order valence-electron chi connectivity index (χ0n) is 13.2. The minimum atomic E-state index is -0.479. The summed E-state index contributed by atoms with van der Waals surface area (Å²) in [6.45, 7) is -0.194. The Morgan fingerprint density at radius 1 is 1.08 bits per heavy atom. The molecule has 0 saturated carbocycles. The van der Waals surface area contributed by atoms with Crippen molar-refractivity contribution in [2.75, 3.05) is 26.1 Å². The number of carbonyl (C=O) groups is 2. The SMILES string of the molecule is COC(=O)c1ccc(OCC(=O)Nc2cccc(Br)c2)c(OC)c1. The maximum atomic E-state index is 12.0. The van der Waals surface area contributed by atoms with Gasteiger partial charge in [-0.3, -0.25) is 4.79 Å². The van der Waals surface area contributed by atoms with Gasteiger partial charge in [-0.1, -0.05) is 22.0 Å². The Hall–Kier alpha value is -2.54. The fraction of sp³-hybridized carbons (Fsp3) is 0.176. The van der Waals surface area contributed by atoms with Crippen LogP contribution in [0.3, 0.4) is 0 Å². The lowest BCUT2D eigenvalue weighted by atomic mass is 10.2. The van der Waals surface area contributed by atoms with Gasteiger partial charge < -0.3 is 19.5 Å². The standard InChI is InChI=1S/C17H16BrNO5/c1-22-15-8-11(17(21)23-2)6-7-14(15)24-10-16(20)19-13-5-3-4-12(18)9-13/h3-9H,10H2,1-2H3,(H,19,20). The lowest BCUT2D eigenvalue weighted by Gasteiger charge is -2.12. The van der Waals surface area contributed by atoms with Gasteiger partial charge in [-0.25, -0.2) is 4.79 Å². The summed E-state index contributed by atoms with van der Waals surface area (Å²) in [4.78, 5) is 23.5. The van der Waals surface area contributed by atoms with E-state index in [2.05, 4.69) is 26.0 Å². The van der Waals surface area contributed by atoms with Gasteiger partial charge in [-0.2, -0.15) is 0 Å². The van der Waals surface area contributed by atoms with E-state index < -0.39 is 5.97 Å². The first kappa shape index (κ1) is 17.8. The molecule has 0 heterocycles. The van der Waals surface area contributed by atoms with Crippen molar-refractivity contribution in [2.45, 2.75) is 0 Å². The molecule has 0 bridgehead atoms. The quantitative estimate of drug-likeness (QED) is 0.762. The summed E-state index contributed by atoms with van der Waals surface area (Å²) in [5, 5.41) is 2.72. The summed E-state index contributed by atoms with van der Waals surface area (Å²) in [5.74, 6) is -0.0952. The number of ether oxygens (including phenoxy) is 3. The lowest BCUT2D eigenvalue weighted by Crippen LogP contribution is -2.20. The number of esters is 1. The zero-order valence-corrected chi connectivity index (χ0v) is 14.8. The van der Waals surface area contributed by atoms with Crippen molar-refractivity contribution in [2.24, 2.45) is 0 Å². The summed E-state index contributed by atoms with van der Waals surface area (Å²) in [6, 6.07) is 11.8. The minimum absolute atomic E-state index is 0.194. The molecule has 7 heteroatoms. The molecule has 0 aliphatic heterocycles. The number of anilines is 1. The second-order valence-electron chi connectivity index (χ2n) is 4.70. The largest absolute Gasteiger partial charge is 0.493 e. The molecule has 2 aromatic carbocycles. The van der Waals surface area contributed by atoms with Gasteiger partial charge in [0.25, 0.3) is 5.91 Å². The van der Waals surface area contributed by atoms with E-state index in [9.17, 15) is 9.59 Å². The minimum Gasteiger partial charge on any atom is -0.493 e. The van der Waals surface area contributed by atoms with Gasteiger partial charge in [0.1, 0.15) is 0 Å². The van der Waals surface area contributed by atoms with Crippen LogP contribution in [-0.4, -0.2) is 32.7 Å². The molecular weight excluding hydrogens is 378 g/mol.